The summed E-state index contributed by atoms with van der Waals surface area (Å²) in [5.41, 5.74) is 6.57. The van der Waals surface area contributed by atoms with Gasteiger partial charge in [0.15, 0.2) is 0 Å². The molecule has 0 bridgehead atoms. The van der Waals surface area contributed by atoms with Gasteiger partial charge in [0.2, 0.25) is 0 Å². The number of benzene rings is 3. The molecule has 0 radical (unpaired) electrons. The predicted octanol–water partition coefficient (Wildman–Crippen LogP) is 6.43. The van der Waals surface area contributed by atoms with Crippen LogP contribution in [0.3, 0.4) is 0 Å². The van der Waals surface area contributed by atoms with Crippen molar-refractivity contribution in [3.63, 3.8) is 0 Å². The standard InChI is InChI=1S/C30H28O3/c1-5-21-9-14-24(15-10-21)27-20-30(3,4)33-28-18-13-23(19-26(27)28)8-7-22-11-16-25(17-12-22)29(31)32-6-2/h9-20H,5-6H2,1-4H3. The van der Waals surface area contributed by atoms with E-state index in [9.17, 15) is 4.79 Å². The fourth-order valence-corrected chi connectivity index (χ4v) is 3.85. The lowest BCUT2D eigenvalue weighted by molar-refractivity contribution is 0.0526. The highest BCUT2D eigenvalue weighted by atomic mass is 16.5. The first-order valence-electron chi connectivity index (χ1n) is 11.3. The molecule has 3 heteroatoms. The van der Waals surface area contributed by atoms with Crippen molar-refractivity contribution in [2.45, 2.75) is 39.7 Å². The number of hydrogen-bond acceptors (Lipinski definition) is 3. The van der Waals surface area contributed by atoms with Gasteiger partial charge in [-0.3, -0.25) is 0 Å². The summed E-state index contributed by atoms with van der Waals surface area (Å²) in [4.78, 5) is 11.8. The molecule has 4 rings (SSSR count). The van der Waals surface area contributed by atoms with Gasteiger partial charge < -0.3 is 9.47 Å². The second kappa shape index (κ2) is 9.38. The quantitative estimate of drug-likeness (QED) is 0.349. The summed E-state index contributed by atoms with van der Waals surface area (Å²) in [6.45, 7) is 8.46. The molecule has 33 heavy (non-hydrogen) atoms. The molecular weight excluding hydrogens is 408 g/mol. The maximum absolute atomic E-state index is 11.8. The Hall–Kier alpha value is -3.77. The molecule has 3 aromatic carbocycles. The Labute approximate surface area is 196 Å². The molecule has 0 aliphatic carbocycles. The lowest BCUT2D eigenvalue weighted by atomic mass is 9.88. The summed E-state index contributed by atoms with van der Waals surface area (Å²) in [6.07, 6.45) is 3.20. The monoisotopic (exact) mass is 436 g/mol. The molecule has 0 aromatic heterocycles. The fourth-order valence-electron chi connectivity index (χ4n) is 3.85. The van der Waals surface area contributed by atoms with Crippen LogP contribution in [0, 0.1) is 11.8 Å². The molecule has 3 aromatic rings. The van der Waals surface area contributed by atoms with Gasteiger partial charge in [-0.05, 0) is 92.4 Å². The Kier molecular flexibility index (Phi) is 6.38. The van der Waals surface area contributed by atoms with Crippen molar-refractivity contribution in [3.8, 4) is 17.6 Å². The van der Waals surface area contributed by atoms with Gasteiger partial charge >= 0.3 is 5.97 Å². The number of esters is 1. The molecule has 1 aliphatic heterocycles. The fraction of sp³-hybridized carbons (Fsp3) is 0.233. The average Bonchev–Trinajstić information content (AvgIpc) is 2.82. The maximum Gasteiger partial charge on any atom is 0.338 e. The summed E-state index contributed by atoms with van der Waals surface area (Å²) in [6, 6.07) is 22.0. The number of carbonyl (C=O) groups excluding carboxylic acids is 1. The van der Waals surface area contributed by atoms with Crippen molar-refractivity contribution in [2.75, 3.05) is 6.61 Å². The van der Waals surface area contributed by atoms with Crippen molar-refractivity contribution >= 4 is 11.5 Å². The van der Waals surface area contributed by atoms with Crippen molar-refractivity contribution in [2.24, 2.45) is 0 Å². The van der Waals surface area contributed by atoms with Gasteiger partial charge in [-0.2, -0.15) is 0 Å². The SMILES string of the molecule is CCOC(=O)c1ccc(C#Cc2ccc3c(c2)C(c2ccc(CC)cc2)=CC(C)(C)O3)cc1. The van der Waals surface area contributed by atoms with Gasteiger partial charge in [-0.1, -0.05) is 43.0 Å². The molecule has 1 heterocycles. The largest absolute Gasteiger partial charge is 0.483 e. The van der Waals surface area contributed by atoms with E-state index in [0.717, 1.165) is 34.4 Å². The number of rotatable bonds is 4. The number of ether oxygens (including phenoxy) is 2. The summed E-state index contributed by atoms with van der Waals surface area (Å²) in [5.74, 6) is 6.98. The predicted molar refractivity (Wildman–Crippen MR) is 132 cm³/mol. The molecule has 1 aliphatic rings. The molecule has 0 saturated carbocycles. The van der Waals surface area contributed by atoms with Gasteiger partial charge in [0.1, 0.15) is 11.4 Å². The molecule has 0 amide bonds. The van der Waals surface area contributed by atoms with Gasteiger partial charge in [-0.25, -0.2) is 4.79 Å². The van der Waals surface area contributed by atoms with E-state index >= 15 is 0 Å². The van der Waals surface area contributed by atoms with Crippen molar-refractivity contribution < 1.29 is 14.3 Å². The average molecular weight is 437 g/mol. The minimum Gasteiger partial charge on any atom is -0.483 e. The van der Waals surface area contributed by atoms with E-state index in [0.29, 0.717) is 12.2 Å². The summed E-state index contributed by atoms with van der Waals surface area (Å²) >= 11 is 0. The minimum atomic E-state index is -0.389. The third-order valence-corrected chi connectivity index (χ3v) is 5.56. The van der Waals surface area contributed by atoms with Crippen molar-refractivity contribution in [3.05, 3.63) is 106 Å². The first kappa shape index (κ1) is 22.4. The highest BCUT2D eigenvalue weighted by Gasteiger charge is 2.27. The molecule has 0 N–H and O–H groups in total. The number of aryl methyl sites for hydroxylation is 1. The number of carbonyl (C=O) groups is 1. The topological polar surface area (TPSA) is 35.5 Å². The van der Waals surface area contributed by atoms with Crippen LogP contribution in [0.4, 0.5) is 0 Å². The molecular formula is C30H28O3. The minimum absolute atomic E-state index is 0.319. The first-order valence-corrected chi connectivity index (χ1v) is 11.3. The van der Waals surface area contributed by atoms with E-state index in [1.807, 2.05) is 24.3 Å². The lowest BCUT2D eigenvalue weighted by Crippen LogP contribution is -2.29. The van der Waals surface area contributed by atoms with Crippen LogP contribution in [0.2, 0.25) is 0 Å². The van der Waals surface area contributed by atoms with Gasteiger partial charge in [-0.15, -0.1) is 0 Å². The van der Waals surface area contributed by atoms with Crippen LogP contribution >= 0.6 is 0 Å². The second-order valence-corrected chi connectivity index (χ2v) is 8.57. The number of fused-ring (bicyclic) bond motifs is 1. The van der Waals surface area contributed by atoms with Crippen LogP contribution in [-0.2, 0) is 11.2 Å². The Morgan fingerprint density at radius 2 is 1.58 bits per heavy atom. The normalized spacial score (nSPS) is 13.6. The molecule has 0 atom stereocenters. The molecule has 0 fully saturated rings. The van der Waals surface area contributed by atoms with Gasteiger partial charge in [0.25, 0.3) is 0 Å². The summed E-state index contributed by atoms with van der Waals surface area (Å²) < 4.78 is 11.3. The maximum atomic E-state index is 11.8. The van der Waals surface area contributed by atoms with E-state index in [1.165, 1.54) is 11.1 Å². The number of hydrogen-bond donors (Lipinski definition) is 0. The van der Waals surface area contributed by atoms with Gasteiger partial charge in [0.05, 0.1) is 12.2 Å². The van der Waals surface area contributed by atoms with Crippen molar-refractivity contribution in [1.29, 1.82) is 0 Å². The Balaban J connectivity index is 1.64. The third-order valence-electron chi connectivity index (χ3n) is 5.56. The van der Waals surface area contributed by atoms with Crippen LogP contribution in [-0.4, -0.2) is 18.2 Å². The highest BCUT2D eigenvalue weighted by molar-refractivity contribution is 5.89. The lowest BCUT2D eigenvalue weighted by Gasteiger charge is -2.31. The molecule has 3 nitrogen and oxygen atoms in total. The Morgan fingerprint density at radius 1 is 0.909 bits per heavy atom. The Bertz CT molecular complexity index is 1250. The zero-order valence-corrected chi connectivity index (χ0v) is 19.6. The Morgan fingerprint density at radius 3 is 2.24 bits per heavy atom. The molecule has 0 unspecified atom stereocenters. The smallest absolute Gasteiger partial charge is 0.338 e. The van der Waals surface area contributed by atoms with Crippen LogP contribution < -0.4 is 4.74 Å². The van der Waals surface area contributed by atoms with Crippen LogP contribution in [0.15, 0.2) is 72.8 Å². The van der Waals surface area contributed by atoms with E-state index in [-0.39, 0.29) is 11.6 Å². The summed E-state index contributed by atoms with van der Waals surface area (Å²) in [7, 11) is 0. The van der Waals surface area contributed by atoms with Crippen LogP contribution in [0.25, 0.3) is 5.57 Å². The molecule has 166 valence electrons. The van der Waals surface area contributed by atoms with Crippen LogP contribution in [0.5, 0.6) is 5.75 Å². The zero-order valence-electron chi connectivity index (χ0n) is 19.6. The van der Waals surface area contributed by atoms with E-state index in [4.69, 9.17) is 9.47 Å². The van der Waals surface area contributed by atoms with Crippen molar-refractivity contribution in [1.82, 2.24) is 0 Å². The highest BCUT2D eigenvalue weighted by Crippen LogP contribution is 2.39. The molecule has 0 saturated heterocycles. The third kappa shape index (κ3) is 5.18. The van der Waals surface area contributed by atoms with Crippen LogP contribution in [0.1, 0.15) is 65.9 Å². The van der Waals surface area contributed by atoms with E-state index < -0.39 is 0 Å². The van der Waals surface area contributed by atoms with E-state index in [2.05, 4.69) is 69.0 Å². The summed E-state index contributed by atoms with van der Waals surface area (Å²) in [5, 5.41) is 0. The van der Waals surface area contributed by atoms with Gasteiger partial charge in [0, 0.05) is 16.7 Å². The second-order valence-electron chi connectivity index (χ2n) is 8.57. The van der Waals surface area contributed by atoms with E-state index in [1.54, 1.807) is 19.1 Å². The molecule has 0 spiro atoms. The first-order chi connectivity index (χ1) is 15.9. The zero-order chi connectivity index (χ0) is 23.4.